The Morgan fingerprint density at radius 1 is 0.553 bits per heavy atom. The lowest BCUT2D eigenvalue weighted by Gasteiger charge is -2.07. The third-order valence-electron chi connectivity index (χ3n) is 5.74. The van der Waals surface area contributed by atoms with Crippen LogP contribution >= 0.6 is 0 Å². The second-order valence-electron chi connectivity index (χ2n) is 8.77. The van der Waals surface area contributed by atoms with Crippen molar-refractivity contribution in [2.75, 3.05) is 13.6 Å². The molecule has 0 spiro atoms. The minimum Gasteiger partial charge on any atom is -0.403 e. The zero-order valence-electron chi connectivity index (χ0n) is 22.3. The van der Waals surface area contributed by atoms with Gasteiger partial charge in [-0.25, -0.2) is 14.4 Å². The van der Waals surface area contributed by atoms with E-state index in [2.05, 4.69) is 42.9 Å². The van der Waals surface area contributed by atoms with E-state index in [1.807, 2.05) is 24.3 Å². The van der Waals surface area contributed by atoms with Crippen LogP contribution in [0.3, 0.4) is 0 Å². The summed E-state index contributed by atoms with van der Waals surface area (Å²) in [6, 6.07) is 14.1. The van der Waals surface area contributed by atoms with Crippen LogP contribution < -0.4 is 0 Å². The molecule has 0 N–H and O–H groups in total. The first-order chi connectivity index (χ1) is 18.5. The van der Waals surface area contributed by atoms with Gasteiger partial charge in [-0.1, -0.05) is 76.6 Å². The van der Waals surface area contributed by atoms with E-state index in [9.17, 15) is 14.4 Å². The van der Waals surface area contributed by atoms with Crippen molar-refractivity contribution in [3.63, 3.8) is 0 Å². The summed E-state index contributed by atoms with van der Waals surface area (Å²) in [6.07, 6.45) is 10.1. The fourth-order valence-corrected chi connectivity index (χ4v) is 3.56. The highest BCUT2D eigenvalue weighted by atomic mass is 17.2. The van der Waals surface area contributed by atoms with Gasteiger partial charge in [0.1, 0.15) is 0 Å². The minimum absolute atomic E-state index is 0.307. The fraction of sp³-hybridized carbons (Fsp3) is 0.483. The first kappa shape index (κ1) is 30.8. The first-order valence-corrected chi connectivity index (χ1v) is 13.2. The zero-order valence-corrected chi connectivity index (χ0v) is 22.3. The van der Waals surface area contributed by atoms with Gasteiger partial charge < -0.3 is 9.47 Å². The van der Waals surface area contributed by atoms with E-state index in [4.69, 9.17) is 0 Å². The van der Waals surface area contributed by atoms with Gasteiger partial charge in [0.25, 0.3) is 0 Å². The lowest BCUT2D eigenvalue weighted by Crippen LogP contribution is -2.15. The summed E-state index contributed by atoms with van der Waals surface area (Å²) in [5, 5.41) is 0. The van der Waals surface area contributed by atoms with E-state index in [0.717, 1.165) is 36.8 Å². The van der Waals surface area contributed by atoms with E-state index in [1.165, 1.54) is 38.5 Å². The normalized spacial score (nSPS) is 10.6. The molecular weight excluding hydrogens is 492 g/mol. The molecule has 0 aliphatic carbocycles. The third kappa shape index (κ3) is 12.7. The van der Waals surface area contributed by atoms with Crippen LogP contribution in [0.15, 0.2) is 48.5 Å². The molecule has 208 valence electrons. The van der Waals surface area contributed by atoms with Gasteiger partial charge in [-0.15, -0.1) is 9.78 Å². The molecule has 38 heavy (non-hydrogen) atoms. The van der Waals surface area contributed by atoms with Gasteiger partial charge >= 0.3 is 18.1 Å². The Bertz CT molecular complexity index is 878. The zero-order chi connectivity index (χ0) is 27.4. The Labute approximate surface area is 224 Å². The van der Waals surface area contributed by atoms with Crippen LogP contribution in [-0.2, 0) is 41.9 Å². The lowest BCUT2D eigenvalue weighted by molar-refractivity contribution is -0.297. The molecule has 2 aromatic carbocycles. The Balaban J connectivity index is 1.54. The summed E-state index contributed by atoms with van der Waals surface area (Å²) in [7, 11) is 0. The molecule has 0 fully saturated rings. The van der Waals surface area contributed by atoms with Crippen LogP contribution in [0.25, 0.3) is 0 Å². The Kier molecular flexibility index (Phi) is 15.2. The molecule has 0 bridgehead atoms. The van der Waals surface area contributed by atoms with Gasteiger partial charge in [0.15, 0.2) is 0 Å². The summed E-state index contributed by atoms with van der Waals surface area (Å²) in [5.41, 5.74) is 2.90. The molecule has 0 unspecified atom stereocenters. The maximum Gasteiger partial charge on any atom is 0.512 e. The number of carbonyl (C=O) groups excluding carboxylic acids is 3. The number of hydrogen-bond acceptors (Lipinski definition) is 9. The molecular formula is C29H38O9. The number of aryl methyl sites for hydroxylation is 2. The number of ether oxygens (including phenoxy) is 2. The second kappa shape index (κ2) is 18.8. The predicted molar refractivity (Wildman–Crippen MR) is 139 cm³/mol. The van der Waals surface area contributed by atoms with Gasteiger partial charge in [0.2, 0.25) is 13.6 Å². The molecule has 2 rings (SSSR count). The highest BCUT2D eigenvalue weighted by molar-refractivity contribution is 5.89. The van der Waals surface area contributed by atoms with E-state index >= 15 is 0 Å². The molecule has 2 aromatic rings. The van der Waals surface area contributed by atoms with Gasteiger partial charge in [-0.3, -0.25) is 9.78 Å². The Morgan fingerprint density at radius 2 is 0.947 bits per heavy atom. The van der Waals surface area contributed by atoms with E-state index in [0.29, 0.717) is 11.1 Å². The smallest absolute Gasteiger partial charge is 0.403 e. The van der Waals surface area contributed by atoms with Crippen molar-refractivity contribution in [3.05, 3.63) is 70.8 Å². The van der Waals surface area contributed by atoms with Crippen LogP contribution in [0, 0.1) is 0 Å². The summed E-state index contributed by atoms with van der Waals surface area (Å²) >= 11 is 0. The average Bonchev–Trinajstić information content (AvgIpc) is 2.94. The van der Waals surface area contributed by atoms with E-state index in [1.54, 1.807) is 24.3 Å². The monoisotopic (exact) mass is 530 g/mol. The van der Waals surface area contributed by atoms with Crippen molar-refractivity contribution in [3.8, 4) is 0 Å². The SMILES string of the molecule is CCCCCCc1ccc(C(=O)OOCOC(=O)OCOOC(=O)c2ccc(CCCCCC)cc2)cc1. The molecule has 9 nitrogen and oxygen atoms in total. The molecule has 0 amide bonds. The minimum atomic E-state index is -1.17. The molecule has 0 aromatic heterocycles. The number of benzene rings is 2. The standard InChI is InChI=1S/C29H38O9/c1-3-5-7-9-11-23-13-17-25(18-14-23)27(30)37-35-21-33-29(32)34-22-36-38-28(31)26-19-15-24(16-20-26)12-10-8-6-4-2/h13-20H,3-12,21-22H2,1-2H3. The summed E-state index contributed by atoms with van der Waals surface area (Å²) < 4.78 is 9.17. The van der Waals surface area contributed by atoms with Crippen molar-refractivity contribution in [2.45, 2.75) is 78.1 Å². The molecule has 0 heterocycles. The molecule has 0 aliphatic heterocycles. The van der Waals surface area contributed by atoms with Crippen LogP contribution in [0.4, 0.5) is 4.79 Å². The van der Waals surface area contributed by atoms with Crippen molar-refractivity contribution in [2.24, 2.45) is 0 Å². The first-order valence-electron chi connectivity index (χ1n) is 13.2. The van der Waals surface area contributed by atoms with E-state index < -0.39 is 31.7 Å². The van der Waals surface area contributed by atoms with Gasteiger partial charge in [-0.05, 0) is 61.1 Å². The summed E-state index contributed by atoms with van der Waals surface area (Å²) in [4.78, 5) is 53.9. The molecule has 0 atom stereocenters. The molecule has 0 radical (unpaired) electrons. The van der Waals surface area contributed by atoms with Crippen LogP contribution in [0.5, 0.6) is 0 Å². The van der Waals surface area contributed by atoms with Crippen LogP contribution in [0.2, 0.25) is 0 Å². The fourth-order valence-electron chi connectivity index (χ4n) is 3.56. The van der Waals surface area contributed by atoms with Crippen LogP contribution in [0.1, 0.15) is 97.1 Å². The molecule has 0 saturated carbocycles. The summed E-state index contributed by atoms with van der Waals surface area (Å²) in [5.74, 6) is -1.45. The topological polar surface area (TPSA) is 107 Å². The molecule has 9 heteroatoms. The number of carbonyl (C=O) groups is 3. The lowest BCUT2D eigenvalue weighted by atomic mass is 10.0. The third-order valence-corrected chi connectivity index (χ3v) is 5.74. The van der Waals surface area contributed by atoms with Crippen LogP contribution in [-0.4, -0.2) is 31.7 Å². The molecule has 0 saturated heterocycles. The van der Waals surface area contributed by atoms with E-state index in [-0.39, 0.29) is 0 Å². The van der Waals surface area contributed by atoms with Crippen molar-refractivity contribution in [1.82, 2.24) is 0 Å². The predicted octanol–water partition coefficient (Wildman–Crippen LogP) is 6.88. The van der Waals surface area contributed by atoms with Crippen molar-refractivity contribution < 1.29 is 43.4 Å². The second-order valence-corrected chi connectivity index (χ2v) is 8.77. The largest absolute Gasteiger partial charge is 0.512 e. The molecule has 0 aliphatic rings. The van der Waals surface area contributed by atoms with Crippen molar-refractivity contribution >= 4 is 18.1 Å². The number of unbranched alkanes of at least 4 members (excludes halogenated alkanes) is 6. The average molecular weight is 531 g/mol. The Hall–Kier alpha value is -3.43. The van der Waals surface area contributed by atoms with Gasteiger partial charge in [0.05, 0.1) is 11.1 Å². The maximum atomic E-state index is 12.0. The van der Waals surface area contributed by atoms with Gasteiger partial charge in [0, 0.05) is 0 Å². The highest BCUT2D eigenvalue weighted by Crippen LogP contribution is 2.12. The number of hydrogen-bond donors (Lipinski definition) is 0. The van der Waals surface area contributed by atoms with Gasteiger partial charge in [-0.2, -0.15) is 0 Å². The highest BCUT2D eigenvalue weighted by Gasteiger charge is 2.12. The Morgan fingerprint density at radius 3 is 1.32 bits per heavy atom. The van der Waals surface area contributed by atoms with Crippen molar-refractivity contribution in [1.29, 1.82) is 0 Å². The summed E-state index contributed by atoms with van der Waals surface area (Å²) in [6.45, 7) is 2.96. The quantitative estimate of drug-likeness (QED) is 0.0670. The number of rotatable bonds is 18. The maximum absolute atomic E-state index is 12.0.